The predicted octanol–water partition coefficient (Wildman–Crippen LogP) is 3.25. The van der Waals surface area contributed by atoms with Crippen molar-refractivity contribution >= 4 is 0 Å². The summed E-state index contributed by atoms with van der Waals surface area (Å²) in [5, 5.41) is 10.4. The number of benzene rings is 1. The van der Waals surface area contributed by atoms with Crippen LogP contribution >= 0.6 is 0 Å². The molecule has 5 heteroatoms. The van der Waals surface area contributed by atoms with Gasteiger partial charge in [0.15, 0.2) is 0 Å². The Morgan fingerprint density at radius 2 is 1.72 bits per heavy atom. The quantitative estimate of drug-likeness (QED) is 0.852. The summed E-state index contributed by atoms with van der Waals surface area (Å²) < 4.78 is 41.2. The molecule has 2 nitrogen and oxygen atoms in total. The molecule has 0 amide bonds. The third kappa shape index (κ3) is 4.66. The average Bonchev–Trinajstić information content (AvgIpc) is 2.29. The summed E-state index contributed by atoms with van der Waals surface area (Å²) in [5.41, 5.74) is -0.782. The van der Waals surface area contributed by atoms with Gasteiger partial charge in [-0.1, -0.05) is 30.3 Å². The second kappa shape index (κ2) is 6.20. The number of alkyl halides is 3. The zero-order chi connectivity index (χ0) is 13.6. The number of hydrogen-bond donors (Lipinski definition) is 1. The van der Waals surface area contributed by atoms with Crippen LogP contribution in [0.3, 0.4) is 0 Å². The Kier molecular flexibility index (Phi) is 5.16. The van der Waals surface area contributed by atoms with E-state index in [0.717, 1.165) is 0 Å². The van der Waals surface area contributed by atoms with Gasteiger partial charge in [-0.15, -0.1) is 0 Å². The van der Waals surface area contributed by atoms with Crippen molar-refractivity contribution in [3.8, 4) is 0 Å². The van der Waals surface area contributed by atoms with E-state index < -0.39 is 18.2 Å². The molecular weight excluding hydrogens is 245 g/mol. The van der Waals surface area contributed by atoms with E-state index in [1.165, 1.54) is 7.11 Å². The SMILES string of the molecule is COCC(O)(CCCC(F)(F)F)c1ccccc1. The van der Waals surface area contributed by atoms with Crippen LogP contribution in [0, 0.1) is 0 Å². The molecule has 1 aromatic carbocycles. The van der Waals surface area contributed by atoms with Gasteiger partial charge < -0.3 is 9.84 Å². The van der Waals surface area contributed by atoms with Crippen molar-refractivity contribution in [2.75, 3.05) is 13.7 Å². The van der Waals surface area contributed by atoms with Crippen LogP contribution in [0.5, 0.6) is 0 Å². The lowest BCUT2D eigenvalue weighted by Gasteiger charge is -2.28. The fourth-order valence-corrected chi connectivity index (χ4v) is 1.87. The Labute approximate surface area is 104 Å². The predicted molar refractivity (Wildman–Crippen MR) is 62.1 cm³/mol. The highest BCUT2D eigenvalue weighted by Crippen LogP contribution is 2.30. The lowest BCUT2D eigenvalue weighted by atomic mass is 9.89. The Morgan fingerprint density at radius 3 is 2.22 bits per heavy atom. The molecule has 0 aliphatic carbocycles. The molecule has 0 fully saturated rings. The zero-order valence-electron chi connectivity index (χ0n) is 10.2. The molecule has 1 atom stereocenters. The Morgan fingerprint density at radius 1 is 1.11 bits per heavy atom. The molecule has 0 saturated heterocycles. The van der Waals surface area contributed by atoms with E-state index in [-0.39, 0.29) is 19.4 Å². The van der Waals surface area contributed by atoms with Crippen LogP contribution in [0.15, 0.2) is 30.3 Å². The normalized spacial score (nSPS) is 15.4. The van der Waals surface area contributed by atoms with Crippen molar-refractivity contribution in [3.63, 3.8) is 0 Å². The van der Waals surface area contributed by atoms with Crippen LogP contribution < -0.4 is 0 Å². The monoisotopic (exact) mass is 262 g/mol. The third-order valence-corrected chi connectivity index (χ3v) is 2.74. The summed E-state index contributed by atoms with van der Waals surface area (Å²) in [6, 6.07) is 8.63. The van der Waals surface area contributed by atoms with Gasteiger partial charge in [0, 0.05) is 13.5 Å². The van der Waals surface area contributed by atoms with Crippen molar-refractivity contribution in [3.05, 3.63) is 35.9 Å². The highest BCUT2D eigenvalue weighted by atomic mass is 19.4. The molecule has 0 spiro atoms. The molecule has 18 heavy (non-hydrogen) atoms. The third-order valence-electron chi connectivity index (χ3n) is 2.74. The fraction of sp³-hybridized carbons (Fsp3) is 0.538. The van der Waals surface area contributed by atoms with E-state index in [4.69, 9.17) is 4.74 Å². The van der Waals surface area contributed by atoms with Crippen LogP contribution in [0.25, 0.3) is 0 Å². The zero-order valence-corrected chi connectivity index (χ0v) is 10.2. The molecule has 0 heterocycles. The van der Waals surface area contributed by atoms with E-state index in [1.807, 2.05) is 0 Å². The molecule has 102 valence electrons. The summed E-state index contributed by atoms with van der Waals surface area (Å²) in [5.74, 6) is 0. The second-order valence-electron chi connectivity index (χ2n) is 4.30. The van der Waals surface area contributed by atoms with Gasteiger partial charge in [-0.2, -0.15) is 13.2 Å². The first-order valence-corrected chi connectivity index (χ1v) is 5.71. The van der Waals surface area contributed by atoms with E-state index in [9.17, 15) is 18.3 Å². The number of rotatable bonds is 6. The van der Waals surface area contributed by atoms with E-state index >= 15 is 0 Å². The molecule has 0 radical (unpaired) electrons. The summed E-state index contributed by atoms with van der Waals surface area (Å²) in [4.78, 5) is 0. The Hall–Kier alpha value is -1.07. The summed E-state index contributed by atoms with van der Waals surface area (Å²) >= 11 is 0. The van der Waals surface area contributed by atoms with Gasteiger partial charge in [0.2, 0.25) is 0 Å². The van der Waals surface area contributed by atoms with Crippen LogP contribution in [0.1, 0.15) is 24.8 Å². The standard InChI is InChI=1S/C13H17F3O2/c1-18-10-12(17,8-5-9-13(14,15)16)11-6-3-2-4-7-11/h2-4,6-7,17H,5,8-10H2,1H3. The van der Waals surface area contributed by atoms with Gasteiger partial charge in [-0.25, -0.2) is 0 Å². The number of halogens is 3. The molecule has 1 unspecified atom stereocenters. The molecule has 0 aliphatic rings. The van der Waals surface area contributed by atoms with Crippen molar-refractivity contribution < 1.29 is 23.0 Å². The van der Waals surface area contributed by atoms with Gasteiger partial charge in [0.05, 0.1) is 6.61 Å². The number of aliphatic hydroxyl groups is 1. The minimum absolute atomic E-state index is 0.0182. The molecule has 1 N–H and O–H groups in total. The average molecular weight is 262 g/mol. The number of hydrogen-bond acceptors (Lipinski definition) is 2. The first-order valence-electron chi connectivity index (χ1n) is 5.71. The minimum atomic E-state index is -4.19. The molecule has 1 aromatic rings. The molecule has 0 bridgehead atoms. The topological polar surface area (TPSA) is 29.5 Å². The second-order valence-corrected chi connectivity index (χ2v) is 4.30. The van der Waals surface area contributed by atoms with Crippen molar-refractivity contribution in [2.45, 2.75) is 31.0 Å². The first kappa shape index (κ1) is 15.0. The molecule has 0 saturated carbocycles. The van der Waals surface area contributed by atoms with Crippen molar-refractivity contribution in [1.82, 2.24) is 0 Å². The smallest absolute Gasteiger partial charge is 0.383 e. The van der Waals surface area contributed by atoms with Crippen LogP contribution in [0.2, 0.25) is 0 Å². The highest BCUT2D eigenvalue weighted by Gasteiger charge is 2.32. The maximum absolute atomic E-state index is 12.1. The maximum atomic E-state index is 12.1. The van der Waals surface area contributed by atoms with Gasteiger partial charge in [-0.05, 0) is 18.4 Å². The van der Waals surface area contributed by atoms with E-state index in [2.05, 4.69) is 0 Å². The van der Waals surface area contributed by atoms with Gasteiger partial charge in [-0.3, -0.25) is 0 Å². The lowest BCUT2D eigenvalue weighted by molar-refractivity contribution is -0.139. The molecular formula is C13H17F3O2. The highest BCUT2D eigenvalue weighted by molar-refractivity contribution is 5.22. The summed E-state index contributed by atoms with van der Waals surface area (Å²) in [7, 11) is 1.41. The maximum Gasteiger partial charge on any atom is 0.389 e. The van der Waals surface area contributed by atoms with E-state index in [0.29, 0.717) is 5.56 Å². The van der Waals surface area contributed by atoms with Crippen LogP contribution in [0.4, 0.5) is 13.2 Å². The molecule has 1 rings (SSSR count). The van der Waals surface area contributed by atoms with Gasteiger partial charge in [0.1, 0.15) is 5.60 Å². The Balaban J connectivity index is 2.69. The largest absolute Gasteiger partial charge is 0.389 e. The van der Waals surface area contributed by atoms with E-state index in [1.54, 1.807) is 30.3 Å². The number of methoxy groups -OCH3 is 1. The summed E-state index contributed by atoms with van der Waals surface area (Å²) in [6.07, 6.45) is -5.20. The van der Waals surface area contributed by atoms with Gasteiger partial charge >= 0.3 is 6.18 Å². The molecule has 0 aliphatic heterocycles. The van der Waals surface area contributed by atoms with Crippen LogP contribution in [-0.2, 0) is 10.3 Å². The summed E-state index contributed by atoms with van der Waals surface area (Å²) in [6.45, 7) is -0.0190. The lowest BCUT2D eigenvalue weighted by Crippen LogP contribution is -2.31. The van der Waals surface area contributed by atoms with Gasteiger partial charge in [0.25, 0.3) is 0 Å². The van der Waals surface area contributed by atoms with Crippen molar-refractivity contribution in [1.29, 1.82) is 0 Å². The fourth-order valence-electron chi connectivity index (χ4n) is 1.87. The number of ether oxygens (including phenoxy) is 1. The Bertz CT molecular complexity index is 351. The molecule has 0 aromatic heterocycles. The first-order chi connectivity index (χ1) is 8.37. The van der Waals surface area contributed by atoms with Crippen LogP contribution in [-0.4, -0.2) is 25.0 Å². The van der Waals surface area contributed by atoms with Crippen molar-refractivity contribution in [2.24, 2.45) is 0 Å². The minimum Gasteiger partial charge on any atom is -0.383 e.